The summed E-state index contributed by atoms with van der Waals surface area (Å²) in [5.74, 6) is 1.24. The number of carbonyl (C=O) groups is 1. The fourth-order valence-electron chi connectivity index (χ4n) is 5.28. The number of nitrogens with zero attached hydrogens (tertiary/aromatic N) is 3. The number of benzene rings is 4. The van der Waals surface area contributed by atoms with Gasteiger partial charge in [0.2, 0.25) is 5.91 Å². The Morgan fingerprint density at radius 2 is 1.65 bits per heavy atom. The third-order valence-corrected chi connectivity index (χ3v) is 6.99. The van der Waals surface area contributed by atoms with Gasteiger partial charge in [-0.3, -0.25) is 4.79 Å². The second kappa shape index (κ2) is 8.45. The quantitative estimate of drug-likeness (QED) is 0.317. The lowest BCUT2D eigenvalue weighted by Gasteiger charge is -2.20. The van der Waals surface area contributed by atoms with E-state index in [1.807, 2.05) is 23.1 Å². The van der Waals surface area contributed by atoms with Crippen molar-refractivity contribution in [3.05, 3.63) is 108 Å². The minimum atomic E-state index is 0.0604. The number of fused-ring (bicyclic) bond motifs is 2. The minimum absolute atomic E-state index is 0.0604. The topological polar surface area (TPSA) is 38.1 Å². The lowest BCUT2D eigenvalue weighted by molar-refractivity contribution is -0.117. The molecule has 4 nitrogen and oxygen atoms in total. The van der Waals surface area contributed by atoms with E-state index in [1.165, 1.54) is 21.9 Å². The fraction of sp³-hybridized carbons (Fsp3) is 0.200. The molecule has 2 heterocycles. The summed E-state index contributed by atoms with van der Waals surface area (Å²) in [6.07, 6.45) is 1.39. The van der Waals surface area contributed by atoms with E-state index in [0.29, 0.717) is 13.0 Å². The molecule has 0 saturated carbocycles. The Hall–Kier alpha value is -3.92. The van der Waals surface area contributed by atoms with Crippen molar-refractivity contribution in [2.45, 2.75) is 32.2 Å². The summed E-state index contributed by atoms with van der Waals surface area (Å²) < 4.78 is 2.31. The summed E-state index contributed by atoms with van der Waals surface area (Å²) >= 11 is 0. The number of hydrogen-bond donors (Lipinski definition) is 0. The van der Waals surface area contributed by atoms with E-state index >= 15 is 0 Å². The molecule has 0 aliphatic carbocycles. The zero-order valence-electron chi connectivity index (χ0n) is 19.3. The van der Waals surface area contributed by atoms with Gasteiger partial charge in [-0.25, -0.2) is 4.98 Å². The first-order valence-corrected chi connectivity index (χ1v) is 12.0. The molecule has 34 heavy (non-hydrogen) atoms. The number of amides is 1. The molecular formula is C30H27N3O. The Morgan fingerprint density at radius 1 is 0.882 bits per heavy atom. The van der Waals surface area contributed by atoms with Crippen LogP contribution in [0.5, 0.6) is 0 Å². The fourth-order valence-corrected chi connectivity index (χ4v) is 5.28. The highest BCUT2D eigenvalue weighted by atomic mass is 16.2. The van der Waals surface area contributed by atoms with Crippen LogP contribution in [0.2, 0.25) is 0 Å². The number of imidazole rings is 1. The number of anilines is 1. The lowest BCUT2D eigenvalue weighted by atomic mass is 10.1. The summed E-state index contributed by atoms with van der Waals surface area (Å²) in [6.45, 7) is 3.54. The van der Waals surface area contributed by atoms with E-state index in [4.69, 9.17) is 4.98 Å². The number of para-hydroxylation sites is 3. The summed E-state index contributed by atoms with van der Waals surface area (Å²) in [5.41, 5.74) is 5.58. The molecular weight excluding hydrogens is 418 g/mol. The predicted octanol–water partition coefficient (Wildman–Crippen LogP) is 6.32. The molecule has 1 fully saturated rings. The zero-order chi connectivity index (χ0) is 23.1. The minimum Gasteiger partial charge on any atom is -0.323 e. The van der Waals surface area contributed by atoms with Crippen LogP contribution in [-0.2, 0) is 17.8 Å². The van der Waals surface area contributed by atoms with Crippen molar-refractivity contribution in [3.8, 4) is 0 Å². The molecule has 1 saturated heterocycles. The molecule has 168 valence electrons. The van der Waals surface area contributed by atoms with Crippen LogP contribution in [0.4, 0.5) is 5.69 Å². The number of carbonyl (C=O) groups excluding carboxylic acids is 1. The Balaban J connectivity index is 1.39. The predicted molar refractivity (Wildman–Crippen MR) is 138 cm³/mol. The maximum absolute atomic E-state index is 13.1. The highest BCUT2D eigenvalue weighted by Gasteiger charge is 2.35. The van der Waals surface area contributed by atoms with Crippen LogP contribution < -0.4 is 4.90 Å². The van der Waals surface area contributed by atoms with Crippen molar-refractivity contribution in [3.63, 3.8) is 0 Å². The second-order valence-corrected chi connectivity index (χ2v) is 9.11. The molecule has 0 radical (unpaired) electrons. The highest BCUT2D eigenvalue weighted by Crippen LogP contribution is 2.35. The van der Waals surface area contributed by atoms with E-state index in [-0.39, 0.29) is 11.8 Å². The zero-order valence-corrected chi connectivity index (χ0v) is 19.3. The van der Waals surface area contributed by atoms with Gasteiger partial charge in [0.15, 0.2) is 0 Å². The van der Waals surface area contributed by atoms with E-state index in [9.17, 15) is 4.79 Å². The number of rotatable bonds is 5. The summed E-state index contributed by atoms with van der Waals surface area (Å²) in [5, 5.41) is 2.48. The van der Waals surface area contributed by atoms with Crippen molar-refractivity contribution in [2.24, 2.45) is 0 Å². The van der Waals surface area contributed by atoms with Crippen molar-refractivity contribution >= 4 is 33.4 Å². The van der Waals surface area contributed by atoms with Crippen molar-refractivity contribution in [2.75, 3.05) is 11.4 Å². The SMILES string of the molecule is CCc1ccccc1N1CC(c2nc3ccccc3n2Cc2ccc3ccccc3c2)CC1=O. The molecule has 4 heteroatoms. The van der Waals surface area contributed by atoms with Crippen LogP contribution >= 0.6 is 0 Å². The Labute approximate surface area is 199 Å². The molecule has 4 aromatic carbocycles. The second-order valence-electron chi connectivity index (χ2n) is 9.11. The van der Waals surface area contributed by atoms with Gasteiger partial charge in [0.1, 0.15) is 5.82 Å². The lowest BCUT2D eigenvalue weighted by Crippen LogP contribution is -2.25. The largest absolute Gasteiger partial charge is 0.323 e. The Bertz CT molecular complexity index is 1520. The highest BCUT2D eigenvalue weighted by molar-refractivity contribution is 5.97. The van der Waals surface area contributed by atoms with Crippen LogP contribution in [0, 0.1) is 0 Å². The smallest absolute Gasteiger partial charge is 0.227 e. The maximum atomic E-state index is 13.1. The molecule has 0 N–H and O–H groups in total. The molecule has 1 aliphatic rings. The molecule has 1 atom stereocenters. The van der Waals surface area contributed by atoms with Gasteiger partial charge in [-0.15, -0.1) is 0 Å². The average Bonchev–Trinajstić information content (AvgIpc) is 3.44. The van der Waals surface area contributed by atoms with E-state index in [0.717, 1.165) is 35.5 Å². The Morgan fingerprint density at radius 3 is 2.53 bits per heavy atom. The van der Waals surface area contributed by atoms with Crippen LogP contribution in [0.1, 0.15) is 36.2 Å². The third kappa shape index (κ3) is 3.56. The molecule has 1 unspecified atom stereocenters. The normalized spacial score (nSPS) is 16.1. The summed E-state index contributed by atoms with van der Waals surface area (Å²) in [7, 11) is 0. The van der Waals surface area contributed by atoms with Gasteiger partial charge >= 0.3 is 0 Å². The van der Waals surface area contributed by atoms with E-state index < -0.39 is 0 Å². The van der Waals surface area contributed by atoms with E-state index in [2.05, 4.69) is 84.3 Å². The molecule has 0 bridgehead atoms. The summed E-state index contributed by atoms with van der Waals surface area (Å²) in [6, 6.07) is 31.6. The molecule has 1 amide bonds. The molecule has 0 spiro atoms. The van der Waals surface area contributed by atoms with Gasteiger partial charge in [-0.05, 0) is 52.6 Å². The summed E-state index contributed by atoms with van der Waals surface area (Å²) in [4.78, 5) is 20.2. The van der Waals surface area contributed by atoms with Gasteiger partial charge in [-0.2, -0.15) is 0 Å². The number of hydrogen-bond acceptors (Lipinski definition) is 2. The van der Waals surface area contributed by atoms with Crippen molar-refractivity contribution in [1.82, 2.24) is 9.55 Å². The average molecular weight is 446 g/mol. The van der Waals surface area contributed by atoms with Crippen molar-refractivity contribution in [1.29, 1.82) is 0 Å². The monoisotopic (exact) mass is 445 g/mol. The molecule has 5 aromatic rings. The van der Waals surface area contributed by atoms with Crippen LogP contribution in [0.3, 0.4) is 0 Å². The van der Waals surface area contributed by atoms with Gasteiger partial charge in [0, 0.05) is 31.1 Å². The first-order valence-electron chi connectivity index (χ1n) is 12.0. The Kier molecular flexibility index (Phi) is 5.14. The standard InChI is InChI=1S/C30H27N3O/c1-2-22-9-5-7-13-27(22)32-20-25(18-29(32)34)30-31-26-12-6-8-14-28(26)33(30)19-21-15-16-23-10-3-4-11-24(23)17-21/h3-17,25H,2,18-20H2,1H3. The van der Waals surface area contributed by atoms with Gasteiger partial charge in [-0.1, -0.05) is 73.7 Å². The maximum Gasteiger partial charge on any atom is 0.227 e. The molecule has 6 rings (SSSR count). The van der Waals surface area contributed by atoms with Crippen LogP contribution in [0.15, 0.2) is 91.0 Å². The van der Waals surface area contributed by atoms with Crippen LogP contribution in [-0.4, -0.2) is 22.0 Å². The van der Waals surface area contributed by atoms with Crippen LogP contribution in [0.25, 0.3) is 21.8 Å². The third-order valence-electron chi connectivity index (χ3n) is 6.99. The molecule has 1 aromatic heterocycles. The first kappa shape index (κ1) is 20.7. The van der Waals surface area contributed by atoms with Crippen molar-refractivity contribution < 1.29 is 4.79 Å². The van der Waals surface area contributed by atoms with Gasteiger partial charge in [0.25, 0.3) is 0 Å². The molecule has 1 aliphatic heterocycles. The number of aryl methyl sites for hydroxylation is 1. The van der Waals surface area contributed by atoms with Gasteiger partial charge in [0.05, 0.1) is 11.0 Å². The number of aromatic nitrogens is 2. The van der Waals surface area contributed by atoms with E-state index in [1.54, 1.807) is 0 Å². The van der Waals surface area contributed by atoms with Gasteiger partial charge < -0.3 is 9.47 Å². The first-order chi connectivity index (χ1) is 16.7.